The van der Waals surface area contributed by atoms with Crippen LogP contribution in [-0.4, -0.2) is 65.3 Å². The van der Waals surface area contributed by atoms with Gasteiger partial charge in [0.05, 0.1) is 28.8 Å². The van der Waals surface area contributed by atoms with Gasteiger partial charge in [0.25, 0.3) is 5.69 Å². The minimum absolute atomic E-state index is 0.00241. The van der Waals surface area contributed by atoms with E-state index >= 15 is 0 Å². The van der Waals surface area contributed by atoms with Gasteiger partial charge in [-0.15, -0.1) is 0 Å². The first kappa shape index (κ1) is 23.5. The van der Waals surface area contributed by atoms with Gasteiger partial charge in [0.1, 0.15) is 17.1 Å². The van der Waals surface area contributed by atoms with E-state index in [0.717, 1.165) is 31.3 Å². The number of fused-ring (bicyclic) bond motifs is 1. The highest BCUT2D eigenvalue weighted by atomic mass is 16.6. The van der Waals surface area contributed by atoms with Gasteiger partial charge in [0.15, 0.2) is 5.58 Å². The van der Waals surface area contributed by atoms with Crippen LogP contribution in [0.3, 0.4) is 0 Å². The van der Waals surface area contributed by atoms with Crippen LogP contribution in [0.1, 0.15) is 12.8 Å². The van der Waals surface area contributed by atoms with Crippen molar-refractivity contribution in [2.45, 2.75) is 18.9 Å². The molecule has 0 unspecified atom stereocenters. The first-order valence-electron chi connectivity index (χ1n) is 11.7. The molecule has 2 aromatic carbocycles. The second-order valence-corrected chi connectivity index (χ2v) is 8.97. The quantitative estimate of drug-likeness (QED) is 0.280. The maximum atomic E-state index is 12.1. The number of ether oxygens (including phenoxy) is 1. The lowest BCUT2D eigenvalue weighted by atomic mass is 10.1. The molecule has 1 aliphatic rings. The maximum absolute atomic E-state index is 12.1. The summed E-state index contributed by atoms with van der Waals surface area (Å²) in [6, 6.07) is 12.7. The van der Waals surface area contributed by atoms with Gasteiger partial charge in [-0.25, -0.2) is 9.97 Å². The van der Waals surface area contributed by atoms with E-state index < -0.39 is 0 Å². The lowest BCUT2D eigenvalue weighted by Gasteiger charge is -2.29. The molecule has 11 heteroatoms. The highest BCUT2D eigenvalue weighted by molar-refractivity contribution is 5.90. The third-order valence-electron chi connectivity index (χ3n) is 6.28. The van der Waals surface area contributed by atoms with Gasteiger partial charge in [0.2, 0.25) is 5.95 Å². The van der Waals surface area contributed by atoms with Crippen molar-refractivity contribution >= 4 is 34.0 Å². The summed E-state index contributed by atoms with van der Waals surface area (Å²) in [5, 5.41) is 20.2. The average Bonchev–Trinajstić information content (AvgIpc) is 3.50. The summed E-state index contributed by atoms with van der Waals surface area (Å²) in [5.41, 5.74) is 2.76. The highest BCUT2D eigenvalue weighted by Crippen LogP contribution is 2.41. The first-order chi connectivity index (χ1) is 17.4. The number of hydrogen-bond acceptors (Lipinski definition) is 10. The van der Waals surface area contributed by atoms with Gasteiger partial charge in [-0.1, -0.05) is 17.3 Å². The molecular formula is C25H27N7O4. The van der Waals surface area contributed by atoms with Crippen LogP contribution in [0.5, 0.6) is 5.75 Å². The van der Waals surface area contributed by atoms with Gasteiger partial charge in [0, 0.05) is 37.5 Å². The lowest BCUT2D eigenvalue weighted by molar-refractivity contribution is -0.384. The van der Waals surface area contributed by atoms with Crippen LogP contribution >= 0.6 is 0 Å². The number of nitrogens with one attached hydrogen (secondary N) is 1. The molecule has 1 atom stereocenters. The molecule has 186 valence electrons. The Hall–Kier alpha value is -4.25. The van der Waals surface area contributed by atoms with Crippen LogP contribution in [0.2, 0.25) is 0 Å². The molecule has 5 rings (SSSR count). The van der Waals surface area contributed by atoms with Gasteiger partial charge in [-0.05, 0) is 45.1 Å². The summed E-state index contributed by atoms with van der Waals surface area (Å²) >= 11 is 0. The molecule has 0 saturated carbocycles. The normalized spacial score (nSPS) is 15.6. The number of para-hydroxylation sites is 1. The zero-order valence-electron chi connectivity index (χ0n) is 20.3. The minimum atomic E-state index is -0.357. The fourth-order valence-electron chi connectivity index (χ4n) is 4.71. The van der Waals surface area contributed by atoms with E-state index in [1.807, 2.05) is 38.4 Å². The molecule has 0 radical (unpaired) electrons. The van der Waals surface area contributed by atoms with Gasteiger partial charge >= 0.3 is 0 Å². The Balaban J connectivity index is 1.50. The van der Waals surface area contributed by atoms with Crippen molar-refractivity contribution in [3.63, 3.8) is 0 Å². The Morgan fingerprint density at radius 3 is 2.89 bits per heavy atom. The summed E-state index contributed by atoms with van der Waals surface area (Å²) in [7, 11) is 5.55. The molecule has 2 aromatic heterocycles. The molecular weight excluding hydrogens is 462 g/mol. The van der Waals surface area contributed by atoms with Crippen molar-refractivity contribution in [2.75, 3.05) is 44.5 Å². The summed E-state index contributed by atoms with van der Waals surface area (Å²) in [6.45, 7) is 1.57. The number of anilines is 3. The second kappa shape index (κ2) is 9.78. The predicted molar refractivity (Wildman–Crippen MR) is 137 cm³/mol. The number of hydrogen-bond donors (Lipinski definition) is 1. The molecule has 1 aliphatic heterocycles. The minimum Gasteiger partial charge on any atom is -0.494 e. The number of methoxy groups -OCH3 is 1. The van der Waals surface area contributed by atoms with Gasteiger partial charge in [-0.2, -0.15) is 0 Å². The molecule has 0 aliphatic carbocycles. The molecule has 0 bridgehead atoms. The summed E-state index contributed by atoms with van der Waals surface area (Å²) in [6.07, 6.45) is 3.56. The lowest BCUT2D eigenvalue weighted by Crippen LogP contribution is -2.37. The third-order valence-corrected chi connectivity index (χ3v) is 6.28. The molecule has 0 amide bonds. The van der Waals surface area contributed by atoms with Crippen LogP contribution in [0.25, 0.3) is 22.4 Å². The Morgan fingerprint density at radius 2 is 2.11 bits per heavy atom. The van der Waals surface area contributed by atoms with Gasteiger partial charge in [-0.3, -0.25) is 10.1 Å². The monoisotopic (exact) mass is 489 g/mol. The van der Waals surface area contributed by atoms with E-state index in [2.05, 4.69) is 30.2 Å². The van der Waals surface area contributed by atoms with E-state index in [9.17, 15) is 10.1 Å². The molecule has 11 nitrogen and oxygen atoms in total. The fraction of sp³-hybridized carbons (Fsp3) is 0.320. The fourth-order valence-corrected chi connectivity index (χ4v) is 4.71. The molecule has 1 fully saturated rings. The molecule has 3 heterocycles. The van der Waals surface area contributed by atoms with Crippen LogP contribution in [0, 0.1) is 10.1 Å². The van der Waals surface area contributed by atoms with Crippen molar-refractivity contribution < 1.29 is 14.2 Å². The van der Waals surface area contributed by atoms with Crippen LogP contribution in [0.4, 0.5) is 23.0 Å². The number of aromatic nitrogens is 3. The Bertz CT molecular complexity index is 1400. The SMILES string of the molecule is COc1cc(N2CCC[C@H]2CN(C)C)c([N+](=O)[O-])cc1Nc1nccc(-c2noc3ccccc23)n1. The summed E-state index contributed by atoms with van der Waals surface area (Å²) in [4.78, 5) is 24.8. The second-order valence-electron chi connectivity index (χ2n) is 8.97. The van der Waals surface area contributed by atoms with Crippen molar-refractivity contribution in [1.82, 2.24) is 20.0 Å². The Labute approximate surface area is 207 Å². The number of benzene rings is 2. The van der Waals surface area contributed by atoms with E-state index in [-0.39, 0.29) is 22.6 Å². The number of nitro benzene ring substituents is 1. The number of likely N-dealkylation sites (N-methyl/N-ethyl adjacent to an activating group) is 1. The maximum Gasteiger partial charge on any atom is 0.294 e. The first-order valence-corrected chi connectivity index (χ1v) is 11.7. The third kappa shape index (κ3) is 4.52. The predicted octanol–water partition coefficient (Wildman–Crippen LogP) is 4.48. The summed E-state index contributed by atoms with van der Waals surface area (Å²) in [5.74, 6) is 0.721. The Kier molecular flexibility index (Phi) is 6.38. The zero-order chi connectivity index (χ0) is 25.2. The molecule has 1 N–H and O–H groups in total. The Morgan fingerprint density at radius 1 is 1.28 bits per heavy atom. The van der Waals surface area contributed by atoms with Crippen molar-refractivity contribution in [3.8, 4) is 17.1 Å². The van der Waals surface area contributed by atoms with Crippen molar-refractivity contribution in [3.05, 3.63) is 58.8 Å². The topological polar surface area (TPSA) is 123 Å². The van der Waals surface area contributed by atoms with Crippen LogP contribution in [0.15, 0.2) is 53.2 Å². The van der Waals surface area contributed by atoms with E-state index in [0.29, 0.717) is 34.1 Å². The largest absolute Gasteiger partial charge is 0.494 e. The van der Waals surface area contributed by atoms with Crippen molar-refractivity contribution in [2.24, 2.45) is 0 Å². The van der Waals surface area contributed by atoms with Crippen LogP contribution in [-0.2, 0) is 0 Å². The molecule has 4 aromatic rings. The number of nitro groups is 1. The standard InChI is InChI=1S/C25H27N7O4/c1-30(2)15-16-7-6-12-31(16)20-14-23(35-3)19(13-21(20)32(33)34)28-25-26-11-10-18(27-25)24-17-8-4-5-9-22(17)36-29-24/h4-5,8-11,13-14,16H,6-7,12,15H2,1-3H3,(H,26,27,28)/t16-/m0/s1. The van der Waals surface area contributed by atoms with E-state index in [1.165, 1.54) is 13.2 Å². The zero-order valence-corrected chi connectivity index (χ0v) is 20.3. The average molecular weight is 490 g/mol. The molecule has 36 heavy (non-hydrogen) atoms. The van der Waals surface area contributed by atoms with E-state index in [1.54, 1.807) is 18.3 Å². The van der Waals surface area contributed by atoms with Crippen LogP contribution < -0.4 is 15.0 Å². The number of nitrogens with zero attached hydrogens (tertiary/aromatic N) is 6. The van der Waals surface area contributed by atoms with Gasteiger partial charge < -0.3 is 24.4 Å². The molecule has 0 spiro atoms. The smallest absolute Gasteiger partial charge is 0.294 e. The van der Waals surface area contributed by atoms with Crippen molar-refractivity contribution in [1.29, 1.82) is 0 Å². The number of rotatable bonds is 8. The summed E-state index contributed by atoms with van der Waals surface area (Å²) < 4.78 is 11.0. The molecule has 1 saturated heterocycles. The highest BCUT2D eigenvalue weighted by Gasteiger charge is 2.31. The van der Waals surface area contributed by atoms with E-state index in [4.69, 9.17) is 9.26 Å².